The number of carbonyl (C=O) groups is 2. The minimum absolute atomic E-state index is 0.242. The lowest BCUT2D eigenvalue weighted by Crippen LogP contribution is -2.21. The molecular weight excluding hydrogens is 399 g/mol. The number of carbonyl (C=O) groups excluding carboxylic acids is 2. The summed E-state index contributed by atoms with van der Waals surface area (Å²) < 4.78 is 5.55. The van der Waals surface area contributed by atoms with Gasteiger partial charge in [0.15, 0.2) is 6.61 Å². The molecule has 3 rings (SSSR count). The second-order valence-corrected chi connectivity index (χ2v) is 6.67. The summed E-state index contributed by atoms with van der Waals surface area (Å²) in [6.07, 6.45) is 0. The lowest BCUT2D eigenvalue weighted by molar-refractivity contribution is -0.118. The molecular formula is C21H16Cl2N2O3. The van der Waals surface area contributed by atoms with Crippen LogP contribution in [0.1, 0.15) is 10.4 Å². The van der Waals surface area contributed by atoms with Crippen molar-refractivity contribution in [3.63, 3.8) is 0 Å². The first kappa shape index (κ1) is 19.7. The van der Waals surface area contributed by atoms with Crippen LogP contribution in [-0.4, -0.2) is 18.4 Å². The Morgan fingerprint density at radius 3 is 1.89 bits per heavy atom. The summed E-state index contributed by atoms with van der Waals surface area (Å²) in [5.74, 6) is -0.397. The molecule has 0 aliphatic rings. The Balaban J connectivity index is 1.63. The zero-order valence-corrected chi connectivity index (χ0v) is 16.1. The molecule has 0 spiro atoms. The number of para-hydroxylation sites is 1. The summed E-state index contributed by atoms with van der Waals surface area (Å²) in [5.41, 5.74) is 1.52. The number of nitrogens with one attached hydrogen (secondary N) is 2. The molecule has 7 heteroatoms. The average molecular weight is 415 g/mol. The maximum Gasteiger partial charge on any atom is 0.262 e. The maximum atomic E-state index is 12.6. The maximum absolute atomic E-state index is 12.6. The Labute approximate surface area is 172 Å². The monoisotopic (exact) mass is 414 g/mol. The van der Waals surface area contributed by atoms with E-state index >= 15 is 0 Å². The molecule has 0 bridgehead atoms. The van der Waals surface area contributed by atoms with E-state index in [0.717, 1.165) is 0 Å². The summed E-state index contributed by atoms with van der Waals surface area (Å²) in [4.78, 5) is 24.6. The number of hydrogen-bond donors (Lipinski definition) is 2. The molecule has 0 fully saturated rings. The van der Waals surface area contributed by atoms with Crippen molar-refractivity contribution in [2.24, 2.45) is 0 Å². The van der Waals surface area contributed by atoms with E-state index in [1.165, 1.54) is 0 Å². The first-order valence-corrected chi connectivity index (χ1v) is 9.11. The first-order chi connectivity index (χ1) is 13.5. The number of anilines is 2. The van der Waals surface area contributed by atoms with E-state index in [4.69, 9.17) is 27.9 Å². The first-order valence-electron chi connectivity index (χ1n) is 8.35. The van der Waals surface area contributed by atoms with Gasteiger partial charge in [-0.3, -0.25) is 9.59 Å². The standard InChI is InChI=1S/C21H16Cl2N2O3/c22-14-5-9-16(10-6-14)24-20(26)13-28-19-4-2-1-3-18(19)21(27)25-17-11-7-15(23)8-12-17/h1-12H,13H2,(H,24,26)(H,25,27). The van der Waals surface area contributed by atoms with Gasteiger partial charge in [-0.1, -0.05) is 35.3 Å². The smallest absolute Gasteiger partial charge is 0.262 e. The molecule has 0 unspecified atom stereocenters. The van der Waals surface area contributed by atoms with Crippen molar-refractivity contribution >= 4 is 46.4 Å². The molecule has 0 aliphatic heterocycles. The molecule has 0 radical (unpaired) electrons. The fourth-order valence-corrected chi connectivity index (χ4v) is 2.64. The van der Waals surface area contributed by atoms with Gasteiger partial charge in [0.05, 0.1) is 5.56 Å². The average Bonchev–Trinajstić information content (AvgIpc) is 2.70. The van der Waals surface area contributed by atoms with Crippen LogP contribution in [0.4, 0.5) is 11.4 Å². The molecule has 3 aromatic carbocycles. The van der Waals surface area contributed by atoms with Gasteiger partial charge in [-0.2, -0.15) is 0 Å². The van der Waals surface area contributed by atoms with E-state index in [1.807, 2.05) is 0 Å². The molecule has 3 aromatic rings. The third-order valence-electron chi connectivity index (χ3n) is 3.72. The number of amides is 2. The normalized spacial score (nSPS) is 10.2. The highest BCUT2D eigenvalue weighted by molar-refractivity contribution is 6.31. The number of halogens is 2. The molecule has 0 aromatic heterocycles. The van der Waals surface area contributed by atoms with Crippen molar-refractivity contribution in [3.8, 4) is 5.75 Å². The molecule has 2 amide bonds. The Hall–Kier alpha value is -3.02. The van der Waals surface area contributed by atoms with Crippen molar-refractivity contribution < 1.29 is 14.3 Å². The molecule has 28 heavy (non-hydrogen) atoms. The van der Waals surface area contributed by atoms with E-state index in [9.17, 15) is 9.59 Å². The third kappa shape index (κ3) is 5.49. The number of benzene rings is 3. The minimum atomic E-state index is -0.352. The molecule has 5 nitrogen and oxygen atoms in total. The zero-order chi connectivity index (χ0) is 19.9. The Bertz CT molecular complexity index is 974. The van der Waals surface area contributed by atoms with Gasteiger partial charge in [0.1, 0.15) is 5.75 Å². The van der Waals surface area contributed by atoms with E-state index < -0.39 is 0 Å². The number of ether oxygens (including phenoxy) is 1. The van der Waals surface area contributed by atoms with Gasteiger partial charge in [0.25, 0.3) is 11.8 Å². The van der Waals surface area contributed by atoms with E-state index in [-0.39, 0.29) is 18.4 Å². The van der Waals surface area contributed by atoms with Crippen LogP contribution < -0.4 is 15.4 Å². The summed E-state index contributed by atoms with van der Waals surface area (Å²) in [7, 11) is 0. The van der Waals surface area contributed by atoms with Gasteiger partial charge < -0.3 is 15.4 Å². The van der Waals surface area contributed by atoms with Gasteiger partial charge in [-0.25, -0.2) is 0 Å². The van der Waals surface area contributed by atoms with Gasteiger partial charge >= 0.3 is 0 Å². The van der Waals surface area contributed by atoms with E-state index in [2.05, 4.69) is 10.6 Å². The molecule has 0 aliphatic carbocycles. The summed E-state index contributed by atoms with van der Waals surface area (Å²) in [6.45, 7) is -0.242. The summed E-state index contributed by atoms with van der Waals surface area (Å²) >= 11 is 11.7. The van der Waals surface area contributed by atoms with Crippen LogP contribution >= 0.6 is 23.2 Å². The van der Waals surface area contributed by atoms with Crippen LogP contribution in [0.5, 0.6) is 5.75 Å². The largest absolute Gasteiger partial charge is 0.483 e. The molecule has 142 valence electrons. The SMILES string of the molecule is O=C(COc1ccccc1C(=O)Nc1ccc(Cl)cc1)Nc1ccc(Cl)cc1. The number of rotatable bonds is 6. The van der Waals surface area contributed by atoms with Gasteiger partial charge in [0.2, 0.25) is 0 Å². The fourth-order valence-electron chi connectivity index (χ4n) is 2.39. The predicted octanol–water partition coefficient (Wildman–Crippen LogP) is 5.26. The highest BCUT2D eigenvalue weighted by Gasteiger charge is 2.14. The zero-order valence-electron chi connectivity index (χ0n) is 14.6. The minimum Gasteiger partial charge on any atom is -0.483 e. The Morgan fingerprint density at radius 1 is 0.750 bits per heavy atom. The lowest BCUT2D eigenvalue weighted by atomic mass is 10.2. The van der Waals surface area contributed by atoms with Crippen molar-refractivity contribution in [1.29, 1.82) is 0 Å². The molecule has 0 saturated carbocycles. The van der Waals surface area contributed by atoms with Crippen LogP contribution in [0, 0.1) is 0 Å². The molecule has 2 N–H and O–H groups in total. The molecule has 0 saturated heterocycles. The molecule has 0 heterocycles. The summed E-state index contributed by atoms with van der Waals surface area (Å²) in [6, 6.07) is 20.2. The highest BCUT2D eigenvalue weighted by Crippen LogP contribution is 2.21. The van der Waals surface area contributed by atoms with Crippen LogP contribution in [0.15, 0.2) is 72.8 Å². The third-order valence-corrected chi connectivity index (χ3v) is 4.22. The van der Waals surface area contributed by atoms with Gasteiger partial charge in [0, 0.05) is 21.4 Å². The van der Waals surface area contributed by atoms with Crippen LogP contribution in [0.25, 0.3) is 0 Å². The van der Waals surface area contributed by atoms with Crippen LogP contribution in [0.3, 0.4) is 0 Å². The quantitative estimate of drug-likeness (QED) is 0.577. The van der Waals surface area contributed by atoms with Crippen LogP contribution in [-0.2, 0) is 4.79 Å². The topological polar surface area (TPSA) is 67.4 Å². The second-order valence-electron chi connectivity index (χ2n) is 5.80. The Morgan fingerprint density at radius 2 is 1.29 bits per heavy atom. The van der Waals surface area contributed by atoms with E-state index in [0.29, 0.717) is 32.7 Å². The van der Waals surface area contributed by atoms with Gasteiger partial charge in [-0.15, -0.1) is 0 Å². The van der Waals surface area contributed by atoms with Crippen LogP contribution in [0.2, 0.25) is 10.0 Å². The Kier molecular flexibility index (Phi) is 6.53. The molecule has 0 atom stereocenters. The number of hydrogen-bond acceptors (Lipinski definition) is 3. The predicted molar refractivity (Wildman–Crippen MR) is 111 cm³/mol. The van der Waals surface area contributed by atoms with Crippen molar-refractivity contribution in [3.05, 3.63) is 88.4 Å². The van der Waals surface area contributed by atoms with E-state index in [1.54, 1.807) is 72.8 Å². The van der Waals surface area contributed by atoms with Crippen molar-refractivity contribution in [1.82, 2.24) is 0 Å². The highest BCUT2D eigenvalue weighted by atomic mass is 35.5. The second kappa shape index (κ2) is 9.26. The summed E-state index contributed by atoms with van der Waals surface area (Å²) in [5, 5.41) is 6.62. The van der Waals surface area contributed by atoms with Crippen molar-refractivity contribution in [2.75, 3.05) is 17.2 Å². The van der Waals surface area contributed by atoms with Gasteiger partial charge in [-0.05, 0) is 60.7 Å². The fraction of sp³-hybridized carbons (Fsp3) is 0.0476. The van der Waals surface area contributed by atoms with Crippen molar-refractivity contribution in [2.45, 2.75) is 0 Å². The lowest BCUT2D eigenvalue weighted by Gasteiger charge is -2.12.